The van der Waals surface area contributed by atoms with Gasteiger partial charge in [0, 0.05) is 4.88 Å². The van der Waals surface area contributed by atoms with Gasteiger partial charge in [0.1, 0.15) is 5.56 Å². The molecular formula is C13H19N2O2S+. The molecule has 0 spiro atoms. The van der Waals surface area contributed by atoms with Crippen LogP contribution in [0.25, 0.3) is 0 Å². The number of carbonyl (C=O) groups is 1. The molecule has 0 unspecified atom stereocenters. The van der Waals surface area contributed by atoms with E-state index in [1.165, 1.54) is 10.4 Å². The summed E-state index contributed by atoms with van der Waals surface area (Å²) in [6.07, 6.45) is 5.06. The first-order chi connectivity index (χ1) is 8.63. The maximum atomic E-state index is 12.0. The fraction of sp³-hybridized carbons (Fsp3) is 0.538. The van der Waals surface area contributed by atoms with Gasteiger partial charge in [-0.15, -0.1) is 0 Å². The Hall–Kier alpha value is -1.36. The number of aryl methyl sites for hydroxylation is 1. The molecule has 1 aromatic rings. The number of rotatable bonds is 4. The van der Waals surface area contributed by atoms with Gasteiger partial charge in [-0.25, -0.2) is 10.1 Å². The highest BCUT2D eigenvalue weighted by molar-refractivity contribution is 7.17. The molecule has 4 nitrogen and oxygen atoms in total. The summed E-state index contributed by atoms with van der Waals surface area (Å²) in [5.74, 6) is -0.202. The summed E-state index contributed by atoms with van der Waals surface area (Å²) in [7, 11) is 3.89. The fourth-order valence-corrected chi connectivity index (χ4v) is 3.35. The van der Waals surface area contributed by atoms with Crippen molar-refractivity contribution in [2.75, 3.05) is 26.0 Å². The average molecular weight is 267 g/mol. The second-order valence-electron chi connectivity index (χ2n) is 4.52. The summed E-state index contributed by atoms with van der Waals surface area (Å²) in [5.41, 5.74) is 1.93. The Kier molecular flexibility index (Phi) is 4.01. The molecule has 1 aliphatic rings. The fourth-order valence-electron chi connectivity index (χ4n) is 2.11. The van der Waals surface area contributed by atoms with E-state index in [0.717, 1.165) is 29.8 Å². The van der Waals surface area contributed by atoms with Gasteiger partial charge in [0.15, 0.2) is 5.00 Å². The predicted molar refractivity (Wildman–Crippen MR) is 74.1 cm³/mol. The van der Waals surface area contributed by atoms with E-state index in [9.17, 15) is 4.79 Å². The molecule has 1 heterocycles. The van der Waals surface area contributed by atoms with Crippen molar-refractivity contribution in [3.8, 4) is 0 Å². The molecule has 2 rings (SSSR count). The van der Waals surface area contributed by atoms with Gasteiger partial charge in [-0.05, 0) is 31.7 Å². The van der Waals surface area contributed by atoms with Gasteiger partial charge in [0.05, 0.1) is 20.7 Å². The van der Waals surface area contributed by atoms with E-state index in [1.54, 1.807) is 11.3 Å². The van der Waals surface area contributed by atoms with E-state index in [2.05, 4.69) is 5.32 Å². The quantitative estimate of drug-likeness (QED) is 0.393. The van der Waals surface area contributed by atoms with Crippen molar-refractivity contribution in [3.05, 3.63) is 16.0 Å². The van der Waals surface area contributed by atoms with Crippen LogP contribution in [0.1, 0.15) is 34.1 Å². The number of hydrogen-bond donors (Lipinski definition) is 1. The third kappa shape index (κ3) is 2.56. The monoisotopic (exact) mass is 267 g/mol. The molecule has 0 fully saturated rings. The van der Waals surface area contributed by atoms with Crippen LogP contribution >= 0.6 is 11.3 Å². The molecule has 0 saturated carbocycles. The number of anilines is 1. The Bertz CT molecular complexity index is 487. The lowest BCUT2D eigenvalue weighted by molar-refractivity contribution is -0.459. The summed E-state index contributed by atoms with van der Waals surface area (Å²) >= 11 is 1.67. The number of esters is 1. The number of ether oxygens (including phenoxy) is 1. The van der Waals surface area contributed by atoms with Crippen LogP contribution in [-0.2, 0) is 17.6 Å². The lowest BCUT2D eigenvalue weighted by Gasteiger charge is -2.03. The van der Waals surface area contributed by atoms with Crippen molar-refractivity contribution < 1.29 is 14.1 Å². The molecule has 0 amide bonds. The molecule has 5 heteroatoms. The van der Waals surface area contributed by atoms with Gasteiger partial charge >= 0.3 is 5.97 Å². The van der Waals surface area contributed by atoms with Crippen LogP contribution in [0, 0.1) is 0 Å². The SMILES string of the molecule is CCOC(=O)c1c(NC=[N+](C)C)sc2c1CCC2. The highest BCUT2D eigenvalue weighted by Crippen LogP contribution is 2.39. The number of hydrogen-bond acceptors (Lipinski definition) is 3. The zero-order valence-corrected chi connectivity index (χ0v) is 11.9. The topological polar surface area (TPSA) is 41.3 Å². The van der Waals surface area contributed by atoms with E-state index in [1.807, 2.05) is 31.9 Å². The van der Waals surface area contributed by atoms with Crippen molar-refractivity contribution in [2.45, 2.75) is 26.2 Å². The Morgan fingerprint density at radius 3 is 2.94 bits per heavy atom. The first-order valence-corrected chi connectivity index (χ1v) is 7.03. The standard InChI is InChI=1S/C13H18N2O2S/c1-4-17-13(16)11-9-6-5-7-10(9)18-12(11)14-8-15(2)3/h8H,4-7H2,1-3H3/p+1. The molecular weight excluding hydrogens is 248 g/mol. The smallest absolute Gasteiger partial charge is 0.343 e. The van der Waals surface area contributed by atoms with Crippen LogP contribution < -0.4 is 5.32 Å². The van der Waals surface area contributed by atoms with Crippen molar-refractivity contribution >= 4 is 28.6 Å². The maximum Gasteiger partial charge on any atom is 0.343 e. The Balaban J connectivity index is 2.34. The molecule has 0 saturated heterocycles. The van der Waals surface area contributed by atoms with E-state index >= 15 is 0 Å². The van der Waals surface area contributed by atoms with Gasteiger partial charge in [0.2, 0.25) is 6.34 Å². The minimum Gasteiger partial charge on any atom is -0.462 e. The first-order valence-electron chi connectivity index (χ1n) is 6.21. The number of thiophene rings is 1. The van der Waals surface area contributed by atoms with E-state index in [4.69, 9.17) is 4.74 Å². The first kappa shape index (κ1) is 13.1. The Labute approximate surface area is 111 Å². The molecule has 0 aliphatic heterocycles. The summed E-state index contributed by atoms with van der Waals surface area (Å²) in [6, 6.07) is 0. The number of fused-ring (bicyclic) bond motifs is 1. The number of carbonyl (C=O) groups excluding carboxylic acids is 1. The van der Waals surface area contributed by atoms with Crippen molar-refractivity contribution in [1.82, 2.24) is 0 Å². The van der Waals surface area contributed by atoms with Crippen molar-refractivity contribution in [1.29, 1.82) is 0 Å². The zero-order valence-electron chi connectivity index (χ0n) is 11.1. The number of nitrogens with one attached hydrogen (secondary N) is 1. The van der Waals surface area contributed by atoms with Gasteiger partial charge < -0.3 is 4.74 Å². The van der Waals surface area contributed by atoms with Crippen molar-refractivity contribution in [2.24, 2.45) is 0 Å². The van der Waals surface area contributed by atoms with E-state index < -0.39 is 0 Å². The number of nitrogens with zero attached hydrogens (tertiary/aromatic N) is 1. The van der Waals surface area contributed by atoms with Gasteiger partial charge in [-0.1, -0.05) is 11.3 Å². The van der Waals surface area contributed by atoms with E-state index in [-0.39, 0.29) is 5.97 Å². The molecule has 0 atom stereocenters. The predicted octanol–water partition coefficient (Wildman–Crippen LogP) is 2.13. The second-order valence-corrected chi connectivity index (χ2v) is 5.62. The summed E-state index contributed by atoms with van der Waals surface area (Å²) in [4.78, 5) is 13.4. The molecule has 18 heavy (non-hydrogen) atoms. The minimum absolute atomic E-state index is 0.202. The normalized spacial score (nSPS) is 13.1. The second kappa shape index (κ2) is 5.52. The highest BCUT2D eigenvalue weighted by atomic mass is 32.1. The minimum atomic E-state index is -0.202. The van der Waals surface area contributed by atoms with Crippen LogP contribution in [0.5, 0.6) is 0 Å². The summed E-state index contributed by atoms with van der Waals surface area (Å²) < 4.78 is 7.08. The highest BCUT2D eigenvalue weighted by Gasteiger charge is 2.29. The molecule has 1 aromatic heterocycles. The largest absolute Gasteiger partial charge is 0.462 e. The van der Waals surface area contributed by atoms with E-state index in [0.29, 0.717) is 6.61 Å². The zero-order chi connectivity index (χ0) is 13.1. The van der Waals surface area contributed by atoms with Crippen LogP contribution in [0.2, 0.25) is 0 Å². The molecule has 0 radical (unpaired) electrons. The van der Waals surface area contributed by atoms with Gasteiger partial charge in [-0.3, -0.25) is 4.58 Å². The molecule has 1 N–H and O–H groups in total. The van der Waals surface area contributed by atoms with Crippen LogP contribution in [0.4, 0.5) is 5.00 Å². The maximum absolute atomic E-state index is 12.0. The molecule has 0 aromatic carbocycles. The molecule has 98 valence electrons. The van der Waals surface area contributed by atoms with Gasteiger partial charge in [-0.2, -0.15) is 0 Å². The molecule has 1 aliphatic carbocycles. The van der Waals surface area contributed by atoms with Gasteiger partial charge in [0.25, 0.3) is 0 Å². The van der Waals surface area contributed by atoms with Crippen molar-refractivity contribution in [3.63, 3.8) is 0 Å². The summed E-state index contributed by atoms with van der Waals surface area (Å²) in [6.45, 7) is 2.25. The van der Waals surface area contributed by atoms with Crippen LogP contribution in [0.3, 0.4) is 0 Å². The van der Waals surface area contributed by atoms with Crippen LogP contribution in [0.15, 0.2) is 0 Å². The Morgan fingerprint density at radius 2 is 2.28 bits per heavy atom. The average Bonchev–Trinajstić information content (AvgIpc) is 2.85. The third-order valence-electron chi connectivity index (χ3n) is 2.85. The molecule has 0 bridgehead atoms. The van der Waals surface area contributed by atoms with Crippen LogP contribution in [-0.4, -0.2) is 37.6 Å². The lowest BCUT2D eigenvalue weighted by atomic mass is 10.1. The third-order valence-corrected chi connectivity index (χ3v) is 4.08. The summed E-state index contributed by atoms with van der Waals surface area (Å²) in [5, 5.41) is 4.11. The Morgan fingerprint density at radius 1 is 1.50 bits per heavy atom. The lowest BCUT2D eigenvalue weighted by Crippen LogP contribution is -2.12.